The normalized spacial score (nSPS) is 15.1. The van der Waals surface area contributed by atoms with Gasteiger partial charge in [0.05, 0.1) is 18.9 Å². The van der Waals surface area contributed by atoms with Crippen molar-refractivity contribution in [3.8, 4) is 28.1 Å². The molecule has 1 saturated carbocycles. The molecule has 42 heavy (non-hydrogen) atoms. The van der Waals surface area contributed by atoms with E-state index in [1.54, 1.807) is 18.3 Å². The summed E-state index contributed by atoms with van der Waals surface area (Å²) in [6, 6.07) is 14.8. The van der Waals surface area contributed by atoms with E-state index in [4.69, 9.17) is 4.74 Å². The van der Waals surface area contributed by atoms with Gasteiger partial charge < -0.3 is 14.7 Å². The molecule has 0 radical (unpaired) electrons. The number of rotatable bonds is 9. The number of halogens is 2. The summed E-state index contributed by atoms with van der Waals surface area (Å²) >= 11 is 0.700. The molecule has 1 amide bonds. The van der Waals surface area contributed by atoms with Crippen molar-refractivity contribution >= 4 is 34.2 Å². The molecule has 2 aromatic carbocycles. The molecule has 216 valence electrons. The Hall–Kier alpha value is -4.38. The number of benzene rings is 2. The SMILES string of the molecule is CN1CCOc2cc(-c3ccc(F)cc3-c3nc(N(C(=O)C(CC(=O)O)Cc4ccccc4)C4CC4)sc3F)cnc21. The monoisotopic (exact) mass is 590 g/mol. The number of carbonyl (C=O) groups is 2. The van der Waals surface area contributed by atoms with Gasteiger partial charge in [-0.05, 0) is 48.6 Å². The van der Waals surface area contributed by atoms with Crippen molar-refractivity contribution in [2.75, 3.05) is 30.0 Å². The molecule has 1 fully saturated rings. The minimum absolute atomic E-state index is 0.0865. The van der Waals surface area contributed by atoms with E-state index < -0.39 is 28.7 Å². The zero-order chi connectivity index (χ0) is 29.4. The first-order valence-corrected chi connectivity index (χ1v) is 14.5. The Morgan fingerprint density at radius 3 is 2.67 bits per heavy atom. The summed E-state index contributed by atoms with van der Waals surface area (Å²) in [5.74, 6) is -1.67. The fourth-order valence-electron chi connectivity index (χ4n) is 5.22. The lowest BCUT2D eigenvalue weighted by Gasteiger charge is -2.26. The first kappa shape index (κ1) is 27.8. The molecule has 3 heterocycles. The Morgan fingerprint density at radius 2 is 1.93 bits per heavy atom. The first-order chi connectivity index (χ1) is 20.3. The summed E-state index contributed by atoms with van der Waals surface area (Å²) < 4.78 is 36.0. The quantitative estimate of drug-likeness (QED) is 0.263. The van der Waals surface area contributed by atoms with Crippen molar-refractivity contribution < 1.29 is 28.2 Å². The van der Waals surface area contributed by atoms with Gasteiger partial charge in [0.2, 0.25) is 11.0 Å². The summed E-state index contributed by atoms with van der Waals surface area (Å²) in [5, 5.41) is 9.03. The summed E-state index contributed by atoms with van der Waals surface area (Å²) in [6.45, 7) is 1.19. The van der Waals surface area contributed by atoms with Crippen LogP contribution in [-0.4, -0.2) is 53.2 Å². The summed E-state index contributed by atoms with van der Waals surface area (Å²) in [4.78, 5) is 38.0. The fraction of sp³-hybridized carbons (Fsp3) is 0.290. The summed E-state index contributed by atoms with van der Waals surface area (Å²) in [6.07, 6.45) is 2.90. The number of carboxylic acid groups (broad SMARTS) is 1. The van der Waals surface area contributed by atoms with E-state index in [0.29, 0.717) is 60.0 Å². The third kappa shape index (κ3) is 5.69. The molecule has 1 aliphatic heterocycles. The van der Waals surface area contributed by atoms with Crippen molar-refractivity contribution in [3.05, 3.63) is 77.3 Å². The fourth-order valence-corrected chi connectivity index (χ4v) is 6.10. The number of ether oxygens (including phenoxy) is 1. The number of hydrogen-bond acceptors (Lipinski definition) is 7. The van der Waals surface area contributed by atoms with Crippen LogP contribution in [0.4, 0.5) is 19.7 Å². The number of aromatic nitrogens is 2. The van der Waals surface area contributed by atoms with Gasteiger partial charge in [-0.25, -0.2) is 14.4 Å². The average Bonchev–Trinajstić information content (AvgIpc) is 3.73. The summed E-state index contributed by atoms with van der Waals surface area (Å²) in [5.41, 5.74) is 2.08. The Bertz CT molecular complexity index is 1640. The van der Waals surface area contributed by atoms with Gasteiger partial charge in [-0.15, -0.1) is 0 Å². The number of hydrogen-bond donors (Lipinski definition) is 1. The van der Waals surface area contributed by atoms with Gasteiger partial charge in [-0.1, -0.05) is 47.7 Å². The van der Waals surface area contributed by atoms with Gasteiger partial charge in [0.1, 0.15) is 18.1 Å². The Balaban J connectivity index is 1.37. The maximum atomic E-state index is 15.7. The van der Waals surface area contributed by atoms with Crippen LogP contribution >= 0.6 is 11.3 Å². The first-order valence-electron chi connectivity index (χ1n) is 13.7. The molecule has 2 aliphatic rings. The zero-order valence-electron chi connectivity index (χ0n) is 22.8. The number of amides is 1. The highest BCUT2D eigenvalue weighted by Gasteiger charge is 2.40. The highest BCUT2D eigenvalue weighted by Crippen LogP contribution is 2.42. The molecular formula is C31H28F2N4O4S. The highest BCUT2D eigenvalue weighted by atomic mass is 32.1. The predicted molar refractivity (Wildman–Crippen MR) is 156 cm³/mol. The number of carboxylic acids is 1. The number of anilines is 2. The Kier molecular flexibility index (Phi) is 7.59. The minimum Gasteiger partial charge on any atom is -0.488 e. The van der Waals surface area contributed by atoms with Crippen LogP contribution in [0.5, 0.6) is 5.75 Å². The smallest absolute Gasteiger partial charge is 0.304 e. The van der Waals surface area contributed by atoms with Gasteiger partial charge in [0, 0.05) is 30.4 Å². The maximum absolute atomic E-state index is 15.7. The number of thiazole rings is 1. The molecule has 11 heteroatoms. The molecule has 2 aromatic heterocycles. The number of carbonyl (C=O) groups excluding carboxylic acids is 1. The van der Waals surface area contributed by atoms with E-state index in [-0.39, 0.29) is 35.3 Å². The van der Waals surface area contributed by atoms with Crippen molar-refractivity contribution in [1.82, 2.24) is 9.97 Å². The second kappa shape index (κ2) is 11.5. The lowest BCUT2D eigenvalue weighted by molar-refractivity contribution is -0.140. The van der Waals surface area contributed by atoms with Crippen LogP contribution < -0.4 is 14.5 Å². The lowest BCUT2D eigenvalue weighted by Crippen LogP contribution is -2.39. The van der Waals surface area contributed by atoms with Crippen LogP contribution in [0, 0.1) is 16.9 Å². The largest absolute Gasteiger partial charge is 0.488 e. The molecule has 1 unspecified atom stereocenters. The molecule has 4 aromatic rings. The van der Waals surface area contributed by atoms with E-state index in [2.05, 4.69) is 9.97 Å². The number of pyridine rings is 1. The van der Waals surface area contributed by atoms with Gasteiger partial charge >= 0.3 is 5.97 Å². The van der Waals surface area contributed by atoms with Crippen LogP contribution in [-0.2, 0) is 16.0 Å². The third-order valence-electron chi connectivity index (χ3n) is 7.45. The standard InChI is InChI=1S/C31H28F2N4O4S/c1-36-11-12-41-25-14-20(17-34-29(25)36)23-10-7-21(32)16-24(23)27-28(33)42-31(35-27)37(22-8-9-22)30(40)19(15-26(38)39)13-18-5-3-2-4-6-18/h2-7,10,14,16-17,19,22H,8-9,11-13,15H2,1H3,(H,38,39). The van der Waals surface area contributed by atoms with Crippen LogP contribution in [0.25, 0.3) is 22.4 Å². The van der Waals surface area contributed by atoms with Gasteiger partial charge in [0.15, 0.2) is 16.7 Å². The lowest BCUT2D eigenvalue weighted by atomic mass is 9.94. The zero-order valence-corrected chi connectivity index (χ0v) is 23.6. The van der Waals surface area contributed by atoms with Crippen LogP contribution in [0.1, 0.15) is 24.8 Å². The van der Waals surface area contributed by atoms with Gasteiger partial charge in [0.25, 0.3) is 0 Å². The van der Waals surface area contributed by atoms with E-state index >= 15 is 4.39 Å². The van der Waals surface area contributed by atoms with Crippen molar-refractivity contribution in [3.63, 3.8) is 0 Å². The minimum atomic E-state index is -1.09. The second-order valence-corrected chi connectivity index (χ2v) is 11.5. The molecule has 1 N–H and O–H groups in total. The molecule has 0 saturated heterocycles. The van der Waals surface area contributed by atoms with Crippen molar-refractivity contribution in [2.45, 2.75) is 31.7 Å². The molecule has 0 bridgehead atoms. The summed E-state index contributed by atoms with van der Waals surface area (Å²) in [7, 11) is 1.91. The molecule has 1 atom stereocenters. The van der Waals surface area contributed by atoms with Crippen LogP contribution in [0.2, 0.25) is 0 Å². The Morgan fingerprint density at radius 1 is 1.14 bits per heavy atom. The van der Waals surface area contributed by atoms with E-state index in [1.807, 2.05) is 42.3 Å². The number of likely N-dealkylation sites (N-methyl/N-ethyl adjacent to an activating group) is 1. The van der Waals surface area contributed by atoms with Gasteiger partial charge in [-0.2, -0.15) is 4.39 Å². The third-order valence-corrected chi connectivity index (χ3v) is 8.29. The molecule has 6 rings (SSSR count). The van der Waals surface area contributed by atoms with Crippen molar-refractivity contribution in [1.29, 1.82) is 0 Å². The highest BCUT2D eigenvalue weighted by molar-refractivity contribution is 7.14. The predicted octanol–water partition coefficient (Wildman–Crippen LogP) is 5.81. The number of aliphatic carboxylic acids is 1. The Labute approximate surface area is 245 Å². The maximum Gasteiger partial charge on any atom is 0.304 e. The number of nitrogens with zero attached hydrogens (tertiary/aromatic N) is 4. The number of fused-ring (bicyclic) bond motifs is 1. The van der Waals surface area contributed by atoms with Crippen LogP contribution in [0.15, 0.2) is 60.8 Å². The van der Waals surface area contributed by atoms with Crippen molar-refractivity contribution in [2.24, 2.45) is 5.92 Å². The molecular weight excluding hydrogens is 562 g/mol. The molecule has 1 aliphatic carbocycles. The van der Waals surface area contributed by atoms with Crippen LogP contribution in [0.3, 0.4) is 0 Å². The van der Waals surface area contributed by atoms with E-state index in [1.165, 1.54) is 17.0 Å². The average molecular weight is 591 g/mol. The molecule has 8 nitrogen and oxygen atoms in total. The molecule has 0 spiro atoms. The van der Waals surface area contributed by atoms with E-state index in [0.717, 1.165) is 5.56 Å². The van der Waals surface area contributed by atoms with Gasteiger partial charge in [-0.3, -0.25) is 14.5 Å². The topological polar surface area (TPSA) is 95.9 Å². The second-order valence-electron chi connectivity index (χ2n) is 10.5. The van der Waals surface area contributed by atoms with E-state index in [9.17, 15) is 19.1 Å².